The predicted octanol–water partition coefficient (Wildman–Crippen LogP) is 2.99. The van der Waals surface area contributed by atoms with Crippen LogP contribution in [0.15, 0.2) is 18.3 Å². The largest absolute Gasteiger partial charge is 0.441 e. The predicted molar refractivity (Wildman–Crippen MR) is 63.8 cm³/mol. The van der Waals surface area contributed by atoms with Gasteiger partial charge in [-0.2, -0.15) is 13.2 Å². The topological polar surface area (TPSA) is 24.9 Å². The van der Waals surface area contributed by atoms with Crippen molar-refractivity contribution in [2.75, 3.05) is 12.3 Å². The smallest absolute Gasteiger partial charge is 0.310 e. The number of alkyl halides is 3. The van der Waals surface area contributed by atoms with Gasteiger partial charge in [-0.25, -0.2) is 0 Å². The average Bonchev–Trinajstić information content (AvgIpc) is 2.27. The van der Waals surface area contributed by atoms with Crippen LogP contribution in [0.2, 0.25) is 0 Å². The van der Waals surface area contributed by atoms with Gasteiger partial charge in [-0.05, 0) is 29.8 Å². The van der Waals surface area contributed by atoms with Gasteiger partial charge in [0.25, 0.3) is 0 Å². The number of thioether (sulfide) groups is 1. The minimum Gasteiger partial charge on any atom is -0.310 e. The van der Waals surface area contributed by atoms with Crippen molar-refractivity contribution in [3.05, 3.63) is 29.6 Å². The number of aromatic nitrogens is 1. The molecule has 1 heterocycles. The van der Waals surface area contributed by atoms with Crippen molar-refractivity contribution in [3.63, 3.8) is 0 Å². The van der Waals surface area contributed by atoms with Gasteiger partial charge >= 0.3 is 5.51 Å². The second-order valence-electron chi connectivity index (χ2n) is 3.43. The lowest BCUT2D eigenvalue weighted by Gasteiger charge is -2.08. The number of nitrogens with one attached hydrogen (secondary N) is 1. The first kappa shape index (κ1) is 14.3. The van der Waals surface area contributed by atoms with Crippen LogP contribution in [-0.2, 0) is 13.0 Å². The molecule has 0 amide bonds. The van der Waals surface area contributed by atoms with E-state index in [2.05, 4.69) is 10.3 Å². The van der Waals surface area contributed by atoms with Gasteiger partial charge in [-0.3, -0.25) is 4.98 Å². The van der Waals surface area contributed by atoms with E-state index in [9.17, 15) is 13.2 Å². The van der Waals surface area contributed by atoms with Crippen molar-refractivity contribution in [2.24, 2.45) is 0 Å². The zero-order valence-electron chi connectivity index (χ0n) is 9.55. The third-order valence-electron chi connectivity index (χ3n) is 2.20. The summed E-state index contributed by atoms with van der Waals surface area (Å²) >= 11 is -0.00425. The molecule has 0 radical (unpaired) electrons. The molecule has 0 aliphatic carbocycles. The lowest BCUT2D eigenvalue weighted by molar-refractivity contribution is -0.0327. The van der Waals surface area contributed by atoms with Crippen LogP contribution < -0.4 is 5.32 Å². The Labute approximate surface area is 103 Å². The highest BCUT2D eigenvalue weighted by Crippen LogP contribution is 2.29. The number of hydrogen-bond acceptors (Lipinski definition) is 3. The van der Waals surface area contributed by atoms with Crippen molar-refractivity contribution >= 4 is 11.8 Å². The standard InChI is InChI=1S/C11H15F3N2S/c1-2-9-4-3-5-16-10(9)8-15-6-7-17-11(12,13)14/h3-5,15H,2,6-8H2,1H3. The van der Waals surface area contributed by atoms with Gasteiger partial charge in [0.1, 0.15) is 0 Å². The average molecular weight is 264 g/mol. The summed E-state index contributed by atoms with van der Waals surface area (Å²) in [5, 5.41) is 2.97. The highest BCUT2D eigenvalue weighted by molar-refractivity contribution is 8.00. The molecule has 0 bridgehead atoms. The van der Waals surface area contributed by atoms with Crippen LogP contribution in [-0.4, -0.2) is 22.8 Å². The number of rotatable bonds is 6. The summed E-state index contributed by atoms with van der Waals surface area (Å²) < 4.78 is 35.5. The zero-order valence-corrected chi connectivity index (χ0v) is 10.4. The van der Waals surface area contributed by atoms with E-state index in [1.54, 1.807) is 6.20 Å². The second kappa shape index (κ2) is 6.86. The van der Waals surface area contributed by atoms with E-state index in [0.29, 0.717) is 13.1 Å². The van der Waals surface area contributed by atoms with Gasteiger partial charge in [-0.1, -0.05) is 13.0 Å². The molecular formula is C11H15F3N2S. The fraction of sp³-hybridized carbons (Fsp3) is 0.545. The van der Waals surface area contributed by atoms with E-state index in [0.717, 1.165) is 17.7 Å². The molecule has 1 N–H and O–H groups in total. The van der Waals surface area contributed by atoms with E-state index < -0.39 is 5.51 Å². The maximum Gasteiger partial charge on any atom is 0.441 e. The Balaban J connectivity index is 2.27. The van der Waals surface area contributed by atoms with Crippen LogP contribution in [0.5, 0.6) is 0 Å². The molecule has 0 saturated heterocycles. The molecule has 1 aromatic rings. The maximum atomic E-state index is 11.8. The summed E-state index contributed by atoms with van der Waals surface area (Å²) in [7, 11) is 0. The first-order valence-corrected chi connectivity index (χ1v) is 6.35. The van der Waals surface area contributed by atoms with Gasteiger partial charge in [-0.15, -0.1) is 0 Å². The molecule has 0 aliphatic rings. The normalized spacial score (nSPS) is 11.8. The molecule has 1 aromatic heterocycles. The lowest BCUT2D eigenvalue weighted by atomic mass is 10.1. The Morgan fingerprint density at radius 1 is 1.41 bits per heavy atom. The summed E-state index contributed by atoms with van der Waals surface area (Å²) in [6.45, 7) is 2.87. The number of aryl methyl sites for hydroxylation is 1. The van der Waals surface area contributed by atoms with Crippen LogP contribution in [0, 0.1) is 0 Å². The Kier molecular flexibility index (Phi) is 5.77. The Bertz CT molecular complexity index is 342. The highest BCUT2D eigenvalue weighted by Gasteiger charge is 2.27. The van der Waals surface area contributed by atoms with Crippen LogP contribution >= 0.6 is 11.8 Å². The molecule has 96 valence electrons. The Hall–Kier alpha value is -0.750. The van der Waals surface area contributed by atoms with Crippen molar-refractivity contribution < 1.29 is 13.2 Å². The Morgan fingerprint density at radius 3 is 2.82 bits per heavy atom. The van der Waals surface area contributed by atoms with Gasteiger partial charge in [0.2, 0.25) is 0 Å². The third kappa shape index (κ3) is 5.93. The highest BCUT2D eigenvalue weighted by atomic mass is 32.2. The SMILES string of the molecule is CCc1cccnc1CNCCSC(F)(F)F. The number of pyridine rings is 1. The monoisotopic (exact) mass is 264 g/mol. The molecule has 0 saturated carbocycles. The summed E-state index contributed by atoms with van der Waals surface area (Å²) in [6, 6.07) is 3.84. The number of nitrogens with zero attached hydrogens (tertiary/aromatic N) is 1. The lowest BCUT2D eigenvalue weighted by Crippen LogP contribution is -2.19. The van der Waals surface area contributed by atoms with Gasteiger partial charge in [0.05, 0.1) is 5.69 Å². The van der Waals surface area contributed by atoms with Crippen LogP contribution in [0.1, 0.15) is 18.2 Å². The van der Waals surface area contributed by atoms with Gasteiger partial charge in [0, 0.05) is 25.0 Å². The third-order valence-corrected chi connectivity index (χ3v) is 2.94. The molecule has 0 unspecified atom stereocenters. The van der Waals surface area contributed by atoms with Crippen molar-refractivity contribution in [2.45, 2.75) is 25.4 Å². The molecule has 0 spiro atoms. The van der Waals surface area contributed by atoms with E-state index in [1.807, 2.05) is 19.1 Å². The molecule has 2 nitrogen and oxygen atoms in total. The Morgan fingerprint density at radius 2 is 2.18 bits per heavy atom. The first-order chi connectivity index (χ1) is 8.03. The molecule has 0 atom stereocenters. The summed E-state index contributed by atoms with van der Waals surface area (Å²) in [5.41, 5.74) is -2.10. The van der Waals surface area contributed by atoms with E-state index in [1.165, 1.54) is 0 Å². The summed E-state index contributed by atoms with van der Waals surface area (Å²) in [4.78, 5) is 4.20. The van der Waals surface area contributed by atoms with E-state index in [-0.39, 0.29) is 17.5 Å². The molecule has 1 rings (SSSR count). The van der Waals surface area contributed by atoms with E-state index in [4.69, 9.17) is 0 Å². The van der Waals surface area contributed by atoms with Crippen molar-refractivity contribution in [3.8, 4) is 0 Å². The summed E-state index contributed by atoms with van der Waals surface area (Å²) in [6.07, 6.45) is 2.57. The zero-order chi connectivity index (χ0) is 12.7. The van der Waals surface area contributed by atoms with E-state index >= 15 is 0 Å². The quantitative estimate of drug-likeness (QED) is 0.800. The minimum absolute atomic E-state index is 0.00425. The summed E-state index contributed by atoms with van der Waals surface area (Å²) in [5.74, 6) is 0.0256. The van der Waals surface area contributed by atoms with Crippen LogP contribution in [0.3, 0.4) is 0 Å². The number of hydrogen-bond donors (Lipinski definition) is 1. The molecule has 0 aliphatic heterocycles. The van der Waals surface area contributed by atoms with Gasteiger partial charge in [0.15, 0.2) is 0 Å². The van der Waals surface area contributed by atoms with Crippen molar-refractivity contribution in [1.29, 1.82) is 0 Å². The van der Waals surface area contributed by atoms with Crippen molar-refractivity contribution in [1.82, 2.24) is 10.3 Å². The molecule has 0 aromatic carbocycles. The van der Waals surface area contributed by atoms with Crippen LogP contribution in [0.4, 0.5) is 13.2 Å². The second-order valence-corrected chi connectivity index (χ2v) is 4.59. The first-order valence-electron chi connectivity index (χ1n) is 5.37. The fourth-order valence-corrected chi connectivity index (χ4v) is 1.88. The minimum atomic E-state index is -4.14. The molecule has 0 fully saturated rings. The fourth-order valence-electron chi connectivity index (χ4n) is 1.40. The maximum absolute atomic E-state index is 11.8. The molecule has 17 heavy (non-hydrogen) atoms. The van der Waals surface area contributed by atoms with Gasteiger partial charge < -0.3 is 5.32 Å². The molecular weight excluding hydrogens is 249 g/mol. The number of halogens is 3. The van der Waals surface area contributed by atoms with Crippen LogP contribution in [0.25, 0.3) is 0 Å². The molecule has 6 heteroatoms.